The van der Waals surface area contributed by atoms with Gasteiger partial charge in [-0.05, 0) is 39.8 Å². The van der Waals surface area contributed by atoms with Crippen molar-refractivity contribution in [2.75, 3.05) is 45.8 Å². The van der Waals surface area contributed by atoms with Crippen molar-refractivity contribution < 1.29 is 4.79 Å². The van der Waals surface area contributed by atoms with E-state index in [0.717, 1.165) is 45.7 Å². The number of carbonyl (C=O) groups excluding carboxylic acids is 1. The number of amides is 1. The van der Waals surface area contributed by atoms with E-state index in [9.17, 15) is 4.79 Å². The van der Waals surface area contributed by atoms with Gasteiger partial charge in [-0.15, -0.1) is 0 Å². The molecule has 0 spiro atoms. The third kappa shape index (κ3) is 4.92. The van der Waals surface area contributed by atoms with Gasteiger partial charge in [0.15, 0.2) is 0 Å². The Morgan fingerprint density at radius 3 is 2.50 bits per heavy atom. The average molecular weight is 256 g/mol. The third-order valence-electron chi connectivity index (χ3n) is 3.61. The Kier molecular flexibility index (Phi) is 7.23. The zero-order valence-electron chi connectivity index (χ0n) is 11.8. The van der Waals surface area contributed by atoms with Crippen molar-refractivity contribution in [3.8, 4) is 0 Å². The molecule has 1 heterocycles. The molecule has 106 valence electrons. The van der Waals surface area contributed by atoms with Crippen molar-refractivity contribution in [1.29, 1.82) is 0 Å². The molecule has 0 radical (unpaired) electrons. The number of nitrogens with zero attached hydrogens (tertiary/aromatic N) is 2. The van der Waals surface area contributed by atoms with E-state index in [1.54, 1.807) is 0 Å². The Balaban J connectivity index is 2.23. The molecule has 5 heteroatoms. The molecule has 0 bridgehead atoms. The SMILES string of the molecule is CCNC(=O)C(C)N1CCN(CCCCN)CC1. The van der Waals surface area contributed by atoms with E-state index in [-0.39, 0.29) is 11.9 Å². The van der Waals surface area contributed by atoms with Crippen LogP contribution in [0.4, 0.5) is 0 Å². The monoisotopic (exact) mass is 256 g/mol. The fourth-order valence-corrected chi connectivity index (χ4v) is 2.34. The minimum atomic E-state index is -0.00357. The Bertz CT molecular complexity index is 239. The van der Waals surface area contributed by atoms with Crippen LogP contribution in [0.2, 0.25) is 0 Å². The molecule has 1 unspecified atom stereocenters. The largest absolute Gasteiger partial charge is 0.355 e. The lowest BCUT2D eigenvalue weighted by Crippen LogP contribution is -2.53. The smallest absolute Gasteiger partial charge is 0.237 e. The normalized spacial score (nSPS) is 19.7. The van der Waals surface area contributed by atoms with Crippen molar-refractivity contribution in [2.24, 2.45) is 5.73 Å². The predicted octanol–water partition coefficient (Wildman–Crippen LogP) is -0.132. The second-order valence-corrected chi connectivity index (χ2v) is 4.94. The van der Waals surface area contributed by atoms with Gasteiger partial charge in [-0.25, -0.2) is 0 Å². The van der Waals surface area contributed by atoms with Gasteiger partial charge in [0.1, 0.15) is 0 Å². The van der Waals surface area contributed by atoms with E-state index in [2.05, 4.69) is 15.1 Å². The van der Waals surface area contributed by atoms with Gasteiger partial charge in [-0.1, -0.05) is 0 Å². The van der Waals surface area contributed by atoms with Gasteiger partial charge in [0.2, 0.25) is 5.91 Å². The minimum Gasteiger partial charge on any atom is -0.355 e. The molecule has 1 atom stereocenters. The molecule has 0 aliphatic carbocycles. The highest BCUT2D eigenvalue weighted by atomic mass is 16.2. The Morgan fingerprint density at radius 1 is 1.28 bits per heavy atom. The number of nitrogens with one attached hydrogen (secondary N) is 1. The van der Waals surface area contributed by atoms with Crippen molar-refractivity contribution in [1.82, 2.24) is 15.1 Å². The molecule has 1 saturated heterocycles. The van der Waals surface area contributed by atoms with E-state index < -0.39 is 0 Å². The van der Waals surface area contributed by atoms with Gasteiger partial charge in [-0.3, -0.25) is 9.69 Å². The summed E-state index contributed by atoms with van der Waals surface area (Å²) in [6.45, 7) is 10.7. The first-order chi connectivity index (χ1) is 8.69. The maximum atomic E-state index is 11.8. The Hall–Kier alpha value is -0.650. The van der Waals surface area contributed by atoms with E-state index in [4.69, 9.17) is 5.73 Å². The number of nitrogens with two attached hydrogens (primary N) is 1. The summed E-state index contributed by atoms with van der Waals surface area (Å²) in [4.78, 5) is 16.5. The number of hydrogen-bond acceptors (Lipinski definition) is 4. The summed E-state index contributed by atoms with van der Waals surface area (Å²) in [5.41, 5.74) is 5.50. The summed E-state index contributed by atoms with van der Waals surface area (Å²) < 4.78 is 0. The third-order valence-corrected chi connectivity index (χ3v) is 3.61. The molecule has 1 aliphatic heterocycles. The van der Waals surface area contributed by atoms with Crippen LogP contribution in [-0.4, -0.2) is 67.6 Å². The lowest BCUT2D eigenvalue weighted by atomic mass is 10.2. The van der Waals surface area contributed by atoms with Crippen LogP contribution in [-0.2, 0) is 4.79 Å². The number of piperazine rings is 1. The van der Waals surface area contributed by atoms with E-state index in [1.807, 2.05) is 13.8 Å². The standard InChI is InChI=1S/C13H28N4O/c1-3-15-13(18)12(2)17-10-8-16(9-11-17)7-5-4-6-14/h12H,3-11,14H2,1-2H3,(H,15,18). The predicted molar refractivity (Wildman–Crippen MR) is 74.4 cm³/mol. The van der Waals surface area contributed by atoms with Crippen LogP contribution in [0.1, 0.15) is 26.7 Å². The van der Waals surface area contributed by atoms with Gasteiger partial charge >= 0.3 is 0 Å². The Labute approximate surface area is 111 Å². The number of hydrogen-bond donors (Lipinski definition) is 2. The molecule has 18 heavy (non-hydrogen) atoms. The van der Waals surface area contributed by atoms with Crippen LogP contribution in [0.3, 0.4) is 0 Å². The van der Waals surface area contributed by atoms with Crippen LogP contribution in [0.5, 0.6) is 0 Å². The molecule has 0 aromatic carbocycles. The average Bonchev–Trinajstić information content (AvgIpc) is 2.39. The first-order valence-electron chi connectivity index (χ1n) is 7.13. The highest BCUT2D eigenvalue weighted by Crippen LogP contribution is 2.07. The van der Waals surface area contributed by atoms with Crippen LogP contribution < -0.4 is 11.1 Å². The van der Waals surface area contributed by atoms with Crippen LogP contribution in [0, 0.1) is 0 Å². The summed E-state index contributed by atoms with van der Waals surface area (Å²) in [6.07, 6.45) is 2.29. The van der Waals surface area contributed by atoms with Crippen LogP contribution in [0.25, 0.3) is 0 Å². The van der Waals surface area contributed by atoms with Gasteiger partial charge in [-0.2, -0.15) is 0 Å². The number of rotatable bonds is 7. The fraction of sp³-hybridized carbons (Fsp3) is 0.923. The lowest BCUT2D eigenvalue weighted by Gasteiger charge is -2.37. The summed E-state index contributed by atoms with van der Waals surface area (Å²) in [5.74, 6) is 0.147. The van der Waals surface area contributed by atoms with Gasteiger partial charge < -0.3 is 16.0 Å². The second-order valence-electron chi connectivity index (χ2n) is 4.94. The molecular weight excluding hydrogens is 228 g/mol. The number of unbranched alkanes of at least 4 members (excludes halogenated alkanes) is 1. The Morgan fingerprint density at radius 2 is 1.94 bits per heavy atom. The summed E-state index contributed by atoms with van der Waals surface area (Å²) >= 11 is 0. The lowest BCUT2D eigenvalue weighted by molar-refractivity contribution is -0.126. The molecule has 1 aliphatic rings. The summed E-state index contributed by atoms with van der Waals surface area (Å²) in [6, 6.07) is -0.00357. The molecular formula is C13H28N4O. The number of likely N-dealkylation sites (N-methyl/N-ethyl adjacent to an activating group) is 1. The quantitative estimate of drug-likeness (QED) is 0.623. The molecule has 0 aromatic rings. The maximum Gasteiger partial charge on any atom is 0.237 e. The first-order valence-corrected chi connectivity index (χ1v) is 7.13. The maximum absolute atomic E-state index is 11.8. The van der Waals surface area contributed by atoms with Crippen molar-refractivity contribution in [3.05, 3.63) is 0 Å². The summed E-state index contributed by atoms with van der Waals surface area (Å²) in [5, 5.41) is 2.89. The minimum absolute atomic E-state index is 0.00357. The fourth-order valence-electron chi connectivity index (χ4n) is 2.34. The van der Waals surface area contributed by atoms with Gasteiger partial charge in [0.05, 0.1) is 6.04 Å². The van der Waals surface area contributed by atoms with E-state index in [0.29, 0.717) is 6.54 Å². The molecule has 0 saturated carbocycles. The first kappa shape index (κ1) is 15.4. The zero-order chi connectivity index (χ0) is 13.4. The molecule has 0 aromatic heterocycles. The molecule has 1 fully saturated rings. The highest BCUT2D eigenvalue weighted by Gasteiger charge is 2.24. The topological polar surface area (TPSA) is 61.6 Å². The van der Waals surface area contributed by atoms with Crippen LogP contribution in [0.15, 0.2) is 0 Å². The summed E-state index contributed by atoms with van der Waals surface area (Å²) in [7, 11) is 0. The molecule has 3 N–H and O–H groups in total. The molecule has 1 amide bonds. The molecule has 1 rings (SSSR count). The van der Waals surface area contributed by atoms with Gasteiger partial charge in [0, 0.05) is 32.7 Å². The van der Waals surface area contributed by atoms with Crippen molar-refractivity contribution >= 4 is 5.91 Å². The van der Waals surface area contributed by atoms with Crippen molar-refractivity contribution in [3.63, 3.8) is 0 Å². The molecule has 5 nitrogen and oxygen atoms in total. The van der Waals surface area contributed by atoms with E-state index >= 15 is 0 Å². The second kappa shape index (κ2) is 8.45. The van der Waals surface area contributed by atoms with Crippen LogP contribution >= 0.6 is 0 Å². The number of carbonyl (C=O) groups is 1. The van der Waals surface area contributed by atoms with E-state index in [1.165, 1.54) is 6.42 Å². The highest BCUT2D eigenvalue weighted by molar-refractivity contribution is 5.81. The zero-order valence-corrected chi connectivity index (χ0v) is 11.8. The van der Waals surface area contributed by atoms with Gasteiger partial charge in [0.25, 0.3) is 0 Å². The van der Waals surface area contributed by atoms with Crippen molar-refractivity contribution in [2.45, 2.75) is 32.7 Å².